The van der Waals surface area contributed by atoms with Crippen molar-refractivity contribution in [1.82, 2.24) is 62.9 Å². The number of amides is 10. The summed E-state index contributed by atoms with van der Waals surface area (Å²) in [6, 6.07) is 3.99. The Kier molecular flexibility index (Phi) is 30.1. The van der Waals surface area contributed by atoms with Gasteiger partial charge in [-0.15, -0.1) is 0 Å². The number of aliphatic hydroxyl groups excluding tert-OH is 6. The summed E-state index contributed by atoms with van der Waals surface area (Å²) in [4.78, 5) is 168. The maximum Gasteiger partial charge on any atom is 0.349 e. The number of nitrogens with one attached hydrogen (secondary N) is 11. The van der Waals surface area contributed by atoms with E-state index in [1.165, 1.54) is 56.0 Å². The van der Waals surface area contributed by atoms with Gasteiger partial charge in [-0.05, 0) is 139 Å². The molecule has 11 bridgehead atoms. The Morgan fingerprint density at radius 1 is 0.711 bits per heavy atom. The molecule has 18 atom stereocenters. The highest BCUT2D eigenvalue weighted by Crippen LogP contribution is 2.50. The molecule has 18 unspecified atom stereocenters. The Bertz CT molecular complexity index is 5510. The topological polar surface area (TPSA) is 611 Å². The molecule has 0 aliphatic carbocycles. The van der Waals surface area contributed by atoms with Gasteiger partial charge in [0.2, 0.25) is 65.2 Å². The van der Waals surface area contributed by atoms with Gasteiger partial charge in [-0.1, -0.05) is 72.9 Å². The first-order valence-corrected chi connectivity index (χ1v) is 41.0. The van der Waals surface area contributed by atoms with E-state index in [9.17, 15) is 79.1 Å². The number of carbonyl (C=O) groups excluding carboxylic acids is 10. The molecule has 7 aliphatic heterocycles. The number of benzene rings is 6. The number of hydrogen-bond acceptors (Lipinski definition) is 30. The Hall–Kier alpha value is -12.0. The molecular weight excluding hydrogens is 1750 g/mol. The fraction of sp³-hybridized carbons (Fsp3) is 0.398. The average Bonchev–Trinajstić information content (AvgIpc) is 0.776. The summed E-state index contributed by atoms with van der Waals surface area (Å²) in [7, 11) is 2.71. The lowest BCUT2D eigenvalue weighted by Gasteiger charge is -2.48. The smallest absolute Gasteiger partial charge is 0.349 e. The van der Waals surface area contributed by atoms with Crippen LogP contribution in [0.2, 0.25) is 15.1 Å². The van der Waals surface area contributed by atoms with E-state index in [2.05, 4.69) is 58.2 Å². The third-order valence-corrected chi connectivity index (χ3v) is 22.7. The predicted molar refractivity (Wildman–Crippen MR) is 446 cm³/mol. The van der Waals surface area contributed by atoms with Crippen LogP contribution < -0.4 is 84.3 Å². The van der Waals surface area contributed by atoms with Gasteiger partial charge in [0.1, 0.15) is 107 Å². The number of primary amides is 1. The van der Waals surface area contributed by atoms with E-state index in [1.54, 1.807) is 20.8 Å². The number of phenols is 3. The lowest BCUT2D eigenvalue weighted by atomic mass is 9.85. The summed E-state index contributed by atoms with van der Waals surface area (Å²) in [5.41, 5.74) is 2.82. The molecule has 0 radical (unpaired) electrons. The van der Waals surface area contributed by atoms with Gasteiger partial charge in [-0.2, -0.15) is 4.98 Å². The number of aliphatic hydroxyl groups is 6. The highest BCUT2D eigenvalue weighted by Gasteiger charge is 2.52. The van der Waals surface area contributed by atoms with E-state index in [0.29, 0.717) is 5.56 Å². The van der Waals surface area contributed by atoms with Gasteiger partial charge in [0.05, 0.1) is 52.8 Å². The van der Waals surface area contributed by atoms with Crippen LogP contribution in [-0.4, -0.2) is 227 Å². The number of likely N-dealkylation sites (N-methyl/N-ethyl adjacent to an activating group) is 2. The number of halogens is 4. The van der Waals surface area contributed by atoms with Gasteiger partial charge < -0.3 is 133 Å². The van der Waals surface area contributed by atoms with Crippen molar-refractivity contribution in [3.8, 4) is 57.1 Å². The van der Waals surface area contributed by atoms with E-state index in [1.807, 2.05) is 5.48 Å². The molecule has 2 fully saturated rings. The molecule has 0 saturated carbocycles. The van der Waals surface area contributed by atoms with Crippen LogP contribution in [-0.2, 0) is 80.0 Å². The van der Waals surface area contributed by atoms with Crippen molar-refractivity contribution in [3.63, 3.8) is 0 Å². The number of aromatic nitrogens is 2. The number of hydrogen-bond donors (Lipinski definition) is 21. The number of phenolic OH excluding ortho intramolecular Hbond substituents is 3. The molecule has 45 heteroatoms. The van der Waals surface area contributed by atoms with Crippen LogP contribution in [0.15, 0.2) is 114 Å². The molecule has 22 N–H and O–H groups in total. The number of aromatic hydroxyl groups is 3. The highest BCUT2D eigenvalue weighted by molar-refractivity contribution is 6.32. The van der Waals surface area contributed by atoms with Crippen LogP contribution in [0.25, 0.3) is 11.1 Å². The molecular formula is C83H92Cl3FN14O27. The summed E-state index contributed by atoms with van der Waals surface area (Å²) in [5.74, 6) is -18.4. The van der Waals surface area contributed by atoms with E-state index in [-0.39, 0.29) is 60.2 Å². The van der Waals surface area contributed by atoms with E-state index < -0.39 is 283 Å². The maximum absolute atomic E-state index is 16.4. The number of fused-ring (bicyclic) bond motifs is 15. The second-order valence-corrected chi connectivity index (χ2v) is 32.6. The van der Waals surface area contributed by atoms with Gasteiger partial charge in [-0.25, -0.2) is 14.7 Å². The molecule has 2 saturated heterocycles. The van der Waals surface area contributed by atoms with Crippen LogP contribution in [0.4, 0.5) is 10.2 Å². The molecule has 7 aliphatic rings. The number of nitrogens with zero attached hydrogens (tertiary/aromatic N) is 2. The van der Waals surface area contributed by atoms with Gasteiger partial charge >= 0.3 is 5.69 Å². The van der Waals surface area contributed by atoms with Crippen molar-refractivity contribution >= 4 is 99.7 Å². The molecule has 684 valence electrons. The normalized spacial score (nSPS) is 25.6. The van der Waals surface area contributed by atoms with E-state index in [0.717, 1.165) is 78.9 Å². The van der Waals surface area contributed by atoms with Crippen molar-refractivity contribution in [3.05, 3.63) is 174 Å². The molecule has 41 nitrogen and oxygen atoms in total. The van der Waals surface area contributed by atoms with E-state index >= 15 is 24.0 Å². The van der Waals surface area contributed by atoms with Crippen molar-refractivity contribution in [1.29, 1.82) is 0 Å². The van der Waals surface area contributed by atoms with Crippen molar-refractivity contribution in [2.24, 2.45) is 11.7 Å². The minimum absolute atomic E-state index is 0.0716. The molecule has 6 aromatic carbocycles. The fourth-order valence-electron chi connectivity index (χ4n) is 15.1. The van der Waals surface area contributed by atoms with Crippen LogP contribution in [0.3, 0.4) is 0 Å². The highest BCUT2D eigenvalue weighted by atomic mass is 35.5. The largest absolute Gasteiger partial charge is 0.508 e. The first kappa shape index (κ1) is 95.1. The molecule has 1 aromatic heterocycles. The van der Waals surface area contributed by atoms with Crippen LogP contribution in [0.1, 0.15) is 111 Å². The number of anilines is 1. The molecule has 7 aromatic rings. The van der Waals surface area contributed by atoms with Crippen molar-refractivity contribution in [2.45, 2.75) is 169 Å². The molecule has 8 heterocycles. The quantitative estimate of drug-likeness (QED) is 0.0392. The third-order valence-electron chi connectivity index (χ3n) is 21.8. The Labute approximate surface area is 741 Å². The third kappa shape index (κ3) is 21.7. The van der Waals surface area contributed by atoms with Crippen LogP contribution in [0.5, 0.6) is 46.0 Å². The fourth-order valence-corrected chi connectivity index (χ4v) is 15.7. The van der Waals surface area contributed by atoms with Crippen molar-refractivity contribution < 1.29 is 132 Å². The molecule has 128 heavy (non-hydrogen) atoms. The zero-order valence-electron chi connectivity index (χ0n) is 68.8. The summed E-state index contributed by atoms with van der Waals surface area (Å²) < 4.78 is 54.7. The van der Waals surface area contributed by atoms with Crippen molar-refractivity contribution in [2.75, 3.05) is 39.2 Å². The number of nitrogens with two attached hydrogens (primary N) is 1. The van der Waals surface area contributed by atoms with Gasteiger partial charge in [-0.3, -0.25) is 57.4 Å². The number of rotatable bonds is 23. The van der Waals surface area contributed by atoms with Gasteiger partial charge in [0.15, 0.2) is 30.5 Å². The Morgan fingerprint density at radius 2 is 1.37 bits per heavy atom. The second-order valence-electron chi connectivity index (χ2n) is 31.4. The first-order chi connectivity index (χ1) is 60.7. The summed E-state index contributed by atoms with van der Waals surface area (Å²) in [6.45, 7) is 4.62. The summed E-state index contributed by atoms with van der Waals surface area (Å²) in [5, 5.41) is 131. The zero-order chi connectivity index (χ0) is 92.8. The SMILES string of the molecule is CNC(=O)CONC(=O)C1NC(=O)C2NC(=O)C(NC(=O)C3NC(=O)C(CC(N)=O)NC(=O)C(NC(=O)C(CC(C)C)NC)C(O)c4ccc(c(Cl)c4)Oc4cc3cc(c4OC3OC(CO)C(O)C(O)C3OC3CC(C)(NCCn4ccc(NC(=O)Cc5ccc(Cl)c(F)c5)nc4=O)C(O)C(C)O3)Oc3ccc(cc3Cl)C2O)c2ccc(O)c(c2)-c2c(O)cc(O)cc21. The second kappa shape index (κ2) is 40.6. The molecule has 0 spiro atoms. The lowest BCUT2D eigenvalue weighted by molar-refractivity contribution is -0.334. The average molecular weight is 1840 g/mol. The predicted octanol–water partition coefficient (Wildman–Crippen LogP) is 0.677. The van der Waals surface area contributed by atoms with Crippen LogP contribution in [0, 0.1) is 11.7 Å². The zero-order valence-corrected chi connectivity index (χ0v) is 71.1. The monoisotopic (exact) mass is 1840 g/mol. The Balaban J connectivity index is 0.998. The molecule has 14 rings (SSSR count). The minimum Gasteiger partial charge on any atom is -0.508 e. The maximum atomic E-state index is 16.4. The number of ether oxygens (including phenoxy) is 6. The van der Waals surface area contributed by atoms with Crippen LogP contribution >= 0.6 is 34.8 Å². The van der Waals surface area contributed by atoms with Gasteiger partial charge in [0.25, 0.3) is 5.91 Å². The van der Waals surface area contributed by atoms with E-state index in [4.69, 9.17) is 73.8 Å². The summed E-state index contributed by atoms with van der Waals surface area (Å²) >= 11 is 20.2. The first-order valence-electron chi connectivity index (χ1n) is 39.9. The molecule has 10 amide bonds. The number of hydroxylamine groups is 1. The van der Waals surface area contributed by atoms with Gasteiger partial charge in [0, 0.05) is 55.5 Å². The summed E-state index contributed by atoms with van der Waals surface area (Å²) in [6.07, 6.45) is -18.8. The Morgan fingerprint density at radius 3 is 2.00 bits per heavy atom. The standard InChI is InChI=1S/C83H92Cl3FN14O27/c1-33(2)19-47(89-5)74(114)98-65-67(109)37-9-13-51(44(85)23-37)124-53-25-39-26-54(71(53)128-81-72(70(112)69(111)55(31-102)126-81)127-60-30-83(4,73(113)34(3)123-60)91-16-18-101-17-15-57(94-82(101)121)93-58(107)21-35-7-11-43(84)46(87)20-35)125-52-14-10-38(24-45(52)86)68(110)66-79(119)97-64(80(120)100-122-32-59(108)90-6)42-27-40(103)28-50(105)61(42)41-22-36(8-12-49(41)104)62(76(116)99-66)96-77(117)63(39)95-75(115)48(29-56(88)106)92-78(65)118/h7-15,17,20,22-28,33-34,47-48,55,60,62-70,72-73,81,89,91,102-105,109-113H,16,18-19,21,29-32H2,1-6H3,(H2,88,106)(H,90,108)(H,92,118)(H,95,115)(H,96,117)(H,97,119)(H,98,114)(H,99,116)(H,100,120)(H,93,94,107,121). The lowest BCUT2D eigenvalue weighted by Crippen LogP contribution is -2.65. The minimum atomic E-state index is -2.42. The number of carbonyl (C=O) groups is 10.